The quantitative estimate of drug-likeness (QED) is 0.515. The molecule has 1 aliphatic rings. The summed E-state index contributed by atoms with van der Waals surface area (Å²) in [5, 5.41) is 3.91. The van der Waals surface area contributed by atoms with E-state index < -0.39 is 46.2 Å². The number of H-pyrrole nitrogens is 1. The van der Waals surface area contributed by atoms with E-state index in [1.165, 1.54) is 42.5 Å². The van der Waals surface area contributed by atoms with E-state index in [2.05, 4.69) is 0 Å². The van der Waals surface area contributed by atoms with E-state index in [0.717, 1.165) is 6.07 Å². The van der Waals surface area contributed by atoms with E-state index in [-0.39, 0.29) is 21.3 Å². The number of aromatic nitrogens is 2. The Balaban J connectivity index is 1.97. The Morgan fingerprint density at radius 1 is 1.00 bits per heavy atom. The summed E-state index contributed by atoms with van der Waals surface area (Å²) in [6.07, 6.45) is -5.47. The summed E-state index contributed by atoms with van der Waals surface area (Å²) in [7, 11) is 0. The molecule has 170 valence electrons. The van der Waals surface area contributed by atoms with E-state index in [1.807, 2.05) is 5.32 Å². The lowest BCUT2D eigenvalue weighted by Gasteiger charge is -2.30. The standard InChI is InChI=1S/C20H11Cl2F3N4O4/c21-10-4-6-12(7-5-10)29-14-13(16(31)27-18(29)33)19(17(32)26-14,20(23,24)25)28-15(30)9-2-1-3-11(22)8-9/h1-8H,(H,26,32)(H,28,30)(H,27,31,33). The van der Waals surface area contributed by atoms with Gasteiger partial charge in [0.05, 0.1) is 5.69 Å². The predicted octanol–water partition coefficient (Wildman–Crippen LogP) is 2.97. The third-order valence-electron chi connectivity index (χ3n) is 4.96. The molecule has 0 bridgehead atoms. The van der Waals surface area contributed by atoms with Gasteiger partial charge in [-0.2, -0.15) is 13.2 Å². The second kappa shape index (κ2) is 7.78. The van der Waals surface area contributed by atoms with Crippen LogP contribution < -0.4 is 21.9 Å². The Bertz CT molecular complexity index is 1420. The van der Waals surface area contributed by atoms with Crippen LogP contribution in [0.4, 0.5) is 19.0 Å². The van der Waals surface area contributed by atoms with Crippen molar-refractivity contribution < 1.29 is 22.8 Å². The topological polar surface area (TPSA) is 113 Å². The highest BCUT2D eigenvalue weighted by molar-refractivity contribution is 6.31. The normalized spacial score (nSPS) is 17.4. The summed E-state index contributed by atoms with van der Waals surface area (Å²) in [5.41, 5.74) is -7.85. The number of fused-ring (bicyclic) bond motifs is 1. The zero-order valence-corrected chi connectivity index (χ0v) is 17.6. The van der Waals surface area contributed by atoms with Crippen LogP contribution in [-0.4, -0.2) is 27.5 Å². The lowest BCUT2D eigenvalue weighted by Crippen LogP contribution is -2.62. The summed E-state index contributed by atoms with van der Waals surface area (Å²) < 4.78 is 43.9. The van der Waals surface area contributed by atoms with Crippen molar-refractivity contribution in [1.82, 2.24) is 14.9 Å². The Labute approximate surface area is 191 Å². The molecular weight excluding hydrogens is 488 g/mol. The second-order valence-corrected chi connectivity index (χ2v) is 7.83. The van der Waals surface area contributed by atoms with Crippen molar-refractivity contribution in [2.45, 2.75) is 11.7 Å². The van der Waals surface area contributed by atoms with Gasteiger partial charge in [0.25, 0.3) is 22.9 Å². The van der Waals surface area contributed by atoms with Gasteiger partial charge in [0.15, 0.2) is 0 Å². The molecule has 8 nitrogen and oxygen atoms in total. The summed E-state index contributed by atoms with van der Waals surface area (Å²) in [4.78, 5) is 52.3. The van der Waals surface area contributed by atoms with Crippen molar-refractivity contribution in [3.63, 3.8) is 0 Å². The van der Waals surface area contributed by atoms with E-state index in [0.29, 0.717) is 4.57 Å². The predicted molar refractivity (Wildman–Crippen MR) is 113 cm³/mol. The zero-order chi connectivity index (χ0) is 24.1. The number of carbonyl (C=O) groups excluding carboxylic acids is 2. The molecule has 1 atom stereocenters. The molecule has 0 aliphatic carbocycles. The van der Waals surface area contributed by atoms with Crippen molar-refractivity contribution in [1.29, 1.82) is 0 Å². The molecule has 0 saturated carbocycles. The molecule has 1 aliphatic heterocycles. The van der Waals surface area contributed by atoms with Crippen LogP contribution in [0.5, 0.6) is 0 Å². The number of hydrogen-bond acceptors (Lipinski definition) is 4. The first-order valence-electron chi connectivity index (χ1n) is 9.07. The summed E-state index contributed by atoms with van der Waals surface area (Å²) in [6.45, 7) is 0. The number of anilines is 1. The summed E-state index contributed by atoms with van der Waals surface area (Å²) in [5.74, 6) is -3.82. The van der Waals surface area contributed by atoms with E-state index >= 15 is 0 Å². The number of nitrogens with one attached hydrogen (secondary N) is 3. The molecule has 2 amide bonds. The average molecular weight is 499 g/mol. The highest BCUT2D eigenvalue weighted by atomic mass is 35.5. The zero-order valence-electron chi connectivity index (χ0n) is 16.1. The molecule has 33 heavy (non-hydrogen) atoms. The summed E-state index contributed by atoms with van der Waals surface area (Å²) in [6, 6.07) is 10.3. The Kier molecular flexibility index (Phi) is 5.33. The van der Waals surface area contributed by atoms with Gasteiger partial charge in [0.1, 0.15) is 11.4 Å². The molecule has 0 fully saturated rings. The van der Waals surface area contributed by atoms with Gasteiger partial charge in [-0.05, 0) is 42.5 Å². The van der Waals surface area contributed by atoms with E-state index in [4.69, 9.17) is 23.2 Å². The summed E-state index contributed by atoms with van der Waals surface area (Å²) >= 11 is 11.6. The van der Waals surface area contributed by atoms with Crippen LogP contribution in [0.1, 0.15) is 15.9 Å². The molecule has 2 heterocycles. The molecule has 3 aromatic rings. The third kappa shape index (κ3) is 3.58. The molecule has 1 aromatic heterocycles. The van der Waals surface area contributed by atoms with Crippen LogP contribution in [0.25, 0.3) is 5.69 Å². The van der Waals surface area contributed by atoms with Gasteiger partial charge in [0.2, 0.25) is 0 Å². The molecule has 3 N–H and O–H groups in total. The van der Waals surface area contributed by atoms with Crippen molar-refractivity contribution in [3.8, 4) is 5.69 Å². The number of benzene rings is 2. The lowest BCUT2D eigenvalue weighted by molar-refractivity contribution is -0.196. The number of carbonyl (C=O) groups is 2. The molecule has 2 aromatic carbocycles. The minimum Gasteiger partial charge on any atom is -0.326 e. The van der Waals surface area contributed by atoms with Gasteiger partial charge < -0.3 is 10.6 Å². The Hall–Kier alpha value is -3.57. The minimum absolute atomic E-state index is 0.0105. The van der Waals surface area contributed by atoms with Crippen LogP contribution in [-0.2, 0) is 10.3 Å². The van der Waals surface area contributed by atoms with Gasteiger partial charge in [0, 0.05) is 15.6 Å². The van der Waals surface area contributed by atoms with E-state index in [9.17, 15) is 32.3 Å². The molecule has 13 heteroatoms. The Morgan fingerprint density at radius 3 is 2.27 bits per heavy atom. The van der Waals surface area contributed by atoms with Gasteiger partial charge >= 0.3 is 11.9 Å². The van der Waals surface area contributed by atoms with Gasteiger partial charge in [-0.15, -0.1) is 0 Å². The maximum absolute atomic E-state index is 14.4. The maximum atomic E-state index is 14.4. The van der Waals surface area contributed by atoms with Crippen molar-refractivity contribution >= 4 is 40.8 Å². The van der Waals surface area contributed by atoms with Crippen molar-refractivity contribution in [3.05, 3.63) is 90.5 Å². The van der Waals surface area contributed by atoms with Crippen molar-refractivity contribution in [2.75, 3.05) is 5.32 Å². The number of nitrogens with zero attached hydrogens (tertiary/aromatic N) is 1. The fraction of sp³-hybridized carbons (Fsp3) is 0.100. The molecule has 0 saturated heterocycles. The van der Waals surface area contributed by atoms with Crippen LogP contribution in [0.15, 0.2) is 58.1 Å². The fourth-order valence-corrected chi connectivity index (χ4v) is 3.80. The van der Waals surface area contributed by atoms with Crippen LogP contribution in [0.3, 0.4) is 0 Å². The lowest BCUT2D eigenvalue weighted by atomic mass is 9.91. The Morgan fingerprint density at radius 2 is 1.67 bits per heavy atom. The van der Waals surface area contributed by atoms with Crippen LogP contribution in [0.2, 0.25) is 10.0 Å². The monoisotopic (exact) mass is 498 g/mol. The average Bonchev–Trinajstić information content (AvgIpc) is 3.02. The molecule has 0 spiro atoms. The molecular formula is C20H11Cl2F3N4O4. The first-order chi connectivity index (χ1) is 15.5. The number of amides is 2. The SMILES string of the molecule is O=C(NC1(C(F)(F)F)C(=O)Nc2c1c(=O)[nH]c(=O)n2-c1ccc(Cl)cc1)c1cccc(Cl)c1. The van der Waals surface area contributed by atoms with Crippen LogP contribution in [0, 0.1) is 0 Å². The fourth-order valence-electron chi connectivity index (χ4n) is 3.49. The van der Waals surface area contributed by atoms with E-state index in [1.54, 1.807) is 10.3 Å². The first-order valence-corrected chi connectivity index (χ1v) is 9.83. The number of rotatable bonds is 3. The van der Waals surface area contributed by atoms with Crippen LogP contribution >= 0.6 is 23.2 Å². The largest absolute Gasteiger partial charge is 0.425 e. The molecule has 0 radical (unpaired) electrons. The minimum atomic E-state index is -5.47. The highest BCUT2D eigenvalue weighted by Gasteiger charge is 2.68. The van der Waals surface area contributed by atoms with Gasteiger partial charge in [-0.3, -0.25) is 19.4 Å². The number of aromatic amines is 1. The highest BCUT2D eigenvalue weighted by Crippen LogP contribution is 2.45. The molecule has 4 rings (SSSR count). The smallest absolute Gasteiger partial charge is 0.326 e. The first kappa shape index (κ1) is 22.6. The van der Waals surface area contributed by atoms with Crippen molar-refractivity contribution in [2.24, 2.45) is 0 Å². The van der Waals surface area contributed by atoms with Gasteiger partial charge in [-0.25, -0.2) is 9.36 Å². The number of halogens is 5. The third-order valence-corrected chi connectivity index (χ3v) is 5.44. The maximum Gasteiger partial charge on any atom is 0.425 e. The number of hydrogen-bond donors (Lipinski definition) is 3. The van der Waals surface area contributed by atoms with Gasteiger partial charge in [-0.1, -0.05) is 29.3 Å². The molecule has 1 unspecified atom stereocenters. The second-order valence-electron chi connectivity index (χ2n) is 6.96. The number of alkyl halides is 3.